The average molecular weight is 777 g/mol. The number of amides is 2. The molecular weight excluding hydrogens is 736 g/mol. The van der Waals surface area contributed by atoms with Crippen molar-refractivity contribution in [2.75, 3.05) is 38.2 Å². The molecule has 3 aromatic heterocycles. The van der Waals surface area contributed by atoms with E-state index in [1.807, 2.05) is 54.6 Å². The van der Waals surface area contributed by atoms with E-state index >= 15 is 0 Å². The zero-order chi connectivity index (χ0) is 38.4. The summed E-state index contributed by atoms with van der Waals surface area (Å²) >= 11 is 6.63. The van der Waals surface area contributed by atoms with Crippen LogP contribution in [0.25, 0.3) is 11.4 Å². The summed E-state index contributed by atoms with van der Waals surface area (Å²) in [6.07, 6.45) is 7.25. The number of ether oxygens (including phenoxy) is 3. The molecular formula is C41H41ClN8O6. The molecule has 0 bridgehead atoms. The van der Waals surface area contributed by atoms with E-state index in [9.17, 15) is 14.4 Å². The van der Waals surface area contributed by atoms with E-state index in [2.05, 4.69) is 15.3 Å². The third-order valence-corrected chi connectivity index (χ3v) is 11.5. The summed E-state index contributed by atoms with van der Waals surface area (Å²) in [5.41, 5.74) is 4.00. The molecule has 5 aromatic rings. The van der Waals surface area contributed by atoms with E-state index in [4.69, 9.17) is 35.9 Å². The fourth-order valence-corrected chi connectivity index (χ4v) is 8.27. The van der Waals surface area contributed by atoms with Crippen LogP contribution in [-0.4, -0.2) is 78.8 Å². The summed E-state index contributed by atoms with van der Waals surface area (Å²) in [4.78, 5) is 57.7. The number of benzene rings is 2. The smallest absolute Gasteiger partial charge is 0.282 e. The number of rotatable bonds is 9. The number of aryl methyl sites for hydroxylation is 1. The van der Waals surface area contributed by atoms with Crippen molar-refractivity contribution in [2.45, 2.75) is 70.1 Å². The van der Waals surface area contributed by atoms with Crippen molar-refractivity contribution in [3.05, 3.63) is 116 Å². The molecule has 9 rings (SSSR count). The third kappa shape index (κ3) is 6.86. The van der Waals surface area contributed by atoms with Crippen LogP contribution in [0.3, 0.4) is 0 Å². The molecule has 0 radical (unpaired) electrons. The van der Waals surface area contributed by atoms with Gasteiger partial charge in [0.2, 0.25) is 11.7 Å². The molecule has 14 nitrogen and oxygen atoms in total. The van der Waals surface area contributed by atoms with Gasteiger partial charge in [0.25, 0.3) is 11.5 Å². The lowest BCUT2D eigenvalue weighted by atomic mass is 9.81. The zero-order valence-electron chi connectivity index (χ0n) is 31.0. The van der Waals surface area contributed by atoms with Gasteiger partial charge in [0.15, 0.2) is 17.3 Å². The number of carbonyl (C=O) groups excluding carboxylic acids is 2. The van der Waals surface area contributed by atoms with Gasteiger partial charge in [0.1, 0.15) is 25.1 Å². The number of hydrogen-bond donors (Lipinski definition) is 1. The molecule has 6 heterocycles. The maximum atomic E-state index is 14.6. The predicted molar refractivity (Wildman–Crippen MR) is 207 cm³/mol. The molecule has 4 aliphatic rings. The van der Waals surface area contributed by atoms with Crippen LogP contribution in [0.1, 0.15) is 82.4 Å². The average Bonchev–Trinajstić information content (AvgIpc) is 3.98. The molecule has 288 valence electrons. The summed E-state index contributed by atoms with van der Waals surface area (Å²) in [6, 6.07) is 15.5. The van der Waals surface area contributed by atoms with Crippen molar-refractivity contribution in [3.8, 4) is 5.75 Å². The highest BCUT2D eigenvalue weighted by Crippen LogP contribution is 2.43. The Morgan fingerprint density at radius 1 is 1.05 bits per heavy atom. The molecule has 2 aromatic carbocycles. The summed E-state index contributed by atoms with van der Waals surface area (Å²) in [5.74, 6) is 0.947. The summed E-state index contributed by atoms with van der Waals surface area (Å²) in [5, 5.41) is 8.17. The summed E-state index contributed by atoms with van der Waals surface area (Å²) in [6.45, 7) is 3.77. The second-order valence-corrected chi connectivity index (χ2v) is 15.2. The Labute approximate surface area is 327 Å². The van der Waals surface area contributed by atoms with Gasteiger partial charge in [-0.25, -0.2) is 9.97 Å². The highest BCUT2D eigenvalue weighted by molar-refractivity contribution is 6.33. The molecule has 56 heavy (non-hydrogen) atoms. The number of piperidine rings is 1. The standard InChI is InChI=1S/C41H41ClN8O6/c1-25-36(55-23-26-5-3-2-4-6-26)35(44-24-43-25)39(53)48-16-14-41(15-17-48)34-32(13-20-56-41)49(22-33(51)45-31-10-9-29(21-30(31)42)27-7-8-27)40-46-37(47-50(40)38(34)52)28-11-18-54-19-12-28/h2-6,9-11,21,24,27H,7-8,12-20,22-23H2,1H3,(H,45,51). The van der Waals surface area contributed by atoms with Crippen LogP contribution in [0.4, 0.5) is 5.69 Å². The van der Waals surface area contributed by atoms with Crippen LogP contribution in [-0.2, 0) is 39.4 Å². The van der Waals surface area contributed by atoms with Gasteiger partial charge in [-0.3, -0.25) is 14.4 Å². The molecule has 0 atom stereocenters. The molecule has 2 amide bonds. The van der Waals surface area contributed by atoms with E-state index in [0.29, 0.717) is 104 Å². The SMILES string of the molecule is Cc1ncnc(C(=O)N2CCC3(CC2)OCCc2c3c(=O)n3nc(C4=CCOCC4)nc3n2CC(=O)Nc2ccc(C3CC3)cc2Cl)c1OCc1ccccc1. The van der Waals surface area contributed by atoms with Gasteiger partial charge in [-0.1, -0.05) is 54.1 Å². The Bertz CT molecular complexity index is 2430. The topological polar surface area (TPSA) is 155 Å². The highest BCUT2D eigenvalue weighted by atomic mass is 35.5. The van der Waals surface area contributed by atoms with Crippen molar-refractivity contribution in [2.24, 2.45) is 0 Å². The molecule has 1 aliphatic carbocycles. The van der Waals surface area contributed by atoms with Gasteiger partial charge in [-0.2, -0.15) is 9.50 Å². The van der Waals surface area contributed by atoms with Crippen LogP contribution in [0, 0.1) is 6.92 Å². The molecule has 0 unspecified atom stereocenters. The first kappa shape index (κ1) is 36.2. The number of fused-ring (bicyclic) bond motifs is 3. The van der Waals surface area contributed by atoms with Crippen molar-refractivity contribution < 1.29 is 23.8 Å². The Hall–Kier alpha value is -5.44. The van der Waals surface area contributed by atoms with Crippen LogP contribution in [0.15, 0.2) is 65.7 Å². The number of nitrogens with zero attached hydrogens (tertiary/aromatic N) is 7. The van der Waals surface area contributed by atoms with Gasteiger partial charge in [0.05, 0.1) is 41.8 Å². The maximum absolute atomic E-state index is 14.6. The maximum Gasteiger partial charge on any atom is 0.282 e. The third-order valence-electron chi connectivity index (χ3n) is 11.2. The first-order valence-corrected chi connectivity index (χ1v) is 19.5. The van der Waals surface area contributed by atoms with Gasteiger partial charge in [-0.05, 0) is 73.8 Å². The van der Waals surface area contributed by atoms with E-state index in [0.717, 1.165) is 24.0 Å². The molecule has 1 spiro atoms. The number of carbonyl (C=O) groups is 2. The minimum absolute atomic E-state index is 0.132. The van der Waals surface area contributed by atoms with Crippen LogP contribution >= 0.6 is 11.6 Å². The fourth-order valence-electron chi connectivity index (χ4n) is 8.03. The van der Waals surface area contributed by atoms with Crippen LogP contribution in [0.5, 0.6) is 5.75 Å². The number of nitrogens with one attached hydrogen (secondary N) is 1. The van der Waals surface area contributed by atoms with Crippen molar-refractivity contribution in [3.63, 3.8) is 0 Å². The zero-order valence-corrected chi connectivity index (χ0v) is 31.8. The molecule has 1 saturated carbocycles. The number of likely N-dealkylation sites (tertiary alicyclic amines) is 1. The Morgan fingerprint density at radius 2 is 1.88 bits per heavy atom. The van der Waals surface area contributed by atoms with Gasteiger partial charge >= 0.3 is 0 Å². The summed E-state index contributed by atoms with van der Waals surface area (Å²) in [7, 11) is 0. The number of anilines is 1. The van der Waals surface area contributed by atoms with Gasteiger partial charge in [0, 0.05) is 25.2 Å². The lowest BCUT2D eigenvalue weighted by Gasteiger charge is -2.44. The Morgan fingerprint density at radius 3 is 2.62 bits per heavy atom. The molecule has 2 fully saturated rings. The molecule has 3 aliphatic heterocycles. The second kappa shape index (κ2) is 14.9. The molecule has 1 N–H and O–H groups in total. The normalized spacial score (nSPS) is 17.8. The van der Waals surface area contributed by atoms with E-state index in [1.54, 1.807) is 16.4 Å². The number of halogens is 1. The van der Waals surface area contributed by atoms with E-state index in [-0.39, 0.29) is 42.0 Å². The Balaban J connectivity index is 1.02. The van der Waals surface area contributed by atoms with Crippen LogP contribution in [0.2, 0.25) is 5.02 Å². The lowest BCUT2D eigenvalue weighted by molar-refractivity contribution is -0.117. The monoisotopic (exact) mass is 776 g/mol. The summed E-state index contributed by atoms with van der Waals surface area (Å²) < 4.78 is 21.3. The highest BCUT2D eigenvalue weighted by Gasteiger charge is 2.46. The quantitative estimate of drug-likeness (QED) is 0.210. The number of hydrogen-bond acceptors (Lipinski definition) is 10. The number of aromatic nitrogens is 6. The van der Waals surface area contributed by atoms with E-state index in [1.165, 1.54) is 16.4 Å². The van der Waals surface area contributed by atoms with Crippen LogP contribution < -0.4 is 15.6 Å². The molecule has 1 saturated heterocycles. The Kier molecular flexibility index (Phi) is 9.64. The fraction of sp³-hybridized carbons (Fsp3) is 0.390. The van der Waals surface area contributed by atoms with Gasteiger partial charge < -0.3 is 29.0 Å². The second-order valence-electron chi connectivity index (χ2n) is 14.8. The van der Waals surface area contributed by atoms with Crippen molar-refractivity contribution in [1.29, 1.82) is 0 Å². The first-order valence-electron chi connectivity index (χ1n) is 19.1. The largest absolute Gasteiger partial charge is 0.485 e. The minimum Gasteiger partial charge on any atom is -0.485 e. The lowest BCUT2D eigenvalue weighted by Crippen LogP contribution is -2.52. The van der Waals surface area contributed by atoms with E-state index < -0.39 is 5.60 Å². The van der Waals surface area contributed by atoms with Gasteiger partial charge in [-0.15, -0.1) is 5.10 Å². The minimum atomic E-state index is -1.02. The predicted octanol–water partition coefficient (Wildman–Crippen LogP) is 5.25. The van der Waals surface area contributed by atoms with Crippen molar-refractivity contribution in [1.82, 2.24) is 34.0 Å². The van der Waals surface area contributed by atoms with Crippen molar-refractivity contribution >= 4 is 40.5 Å². The molecule has 15 heteroatoms. The first-order chi connectivity index (χ1) is 27.3.